The molecule has 1 atom stereocenters. The predicted octanol–water partition coefficient (Wildman–Crippen LogP) is 0.769. The number of hydrogen-bond acceptors (Lipinski definition) is 6. The van der Waals surface area contributed by atoms with Crippen molar-refractivity contribution in [1.29, 1.82) is 0 Å². The number of ether oxygens (including phenoxy) is 1. The van der Waals surface area contributed by atoms with E-state index in [1.54, 1.807) is 25.7 Å². The van der Waals surface area contributed by atoms with E-state index in [2.05, 4.69) is 25.2 Å². The summed E-state index contributed by atoms with van der Waals surface area (Å²) < 4.78 is 7.13. The van der Waals surface area contributed by atoms with E-state index in [0.29, 0.717) is 24.9 Å². The molecule has 1 unspecified atom stereocenters. The highest BCUT2D eigenvalue weighted by atomic mass is 16.5. The van der Waals surface area contributed by atoms with Gasteiger partial charge < -0.3 is 19.5 Å². The summed E-state index contributed by atoms with van der Waals surface area (Å²) in [5.41, 5.74) is 0.991. The van der Waals surface area contributed by atoms with Crippen LogP contribution in [0.3, 0.4) is 0 Å². The molecule has 2 aromatic heterocycles. The van der Waals surface area contributed by atoms with Gasteiger partial charge in [-0.25, -0.2) is 15.0 Å². The minimum absolute atomic E-state index is 0.0341. The van der Waals surface area contributed by atoms with Crippen molar-refractivity contribution < 1.29 is 9.53 Å². The van der Waals surface area contributed by atoms with Crippen molar-refractivity contribution in [3.05, 3.63) is 30.6 Å². The van der Waals surface area contributed by atoms with Crippen molar-refractivity contribution in [2.24, 2.45) is 5.92 Å². The van der Waals surface area contributed by atoms with Crippen LogP contribution in [-0.2, 0) is 11.3 Å². The lowest BCUT2D eigenvalue weighted by atomic mass is 10.1. The lowest BCUT2D eigenvalue weighted by molar-refractivity contribution is -0.124. The van der Waals surface area contributed by atoms with Crippen LogP contribution in [-0.4, -0.2) is 45.6 Å². The molecule has 0 aromatic carbocycles. The number of amides is 1. The lowest BCUT2D eigenvalue weighted by Gasteiger charge is -2.34. The van der Waals surface area contributed by atoms with Gasteiger partial charge >= 0.3 is 0 Å². The molecule has 126 valence electrons. The Morgan fingerprint density at radius 1 is 1.42 bits per heavy atom. The van der Waals surface area contributed by atoms with Gasteiger partial charge in [0.05, 0.1) is 25.7 Å². The van der Waals surface area contributed by atoms with Crippen LogP contribution in [0, 0.1) is 5.92 Å². The molecule has 3 heterocycles. The summed E-state index contributed by atoms with van der Waals surface area (Å²) in [6.07, 6.45) is 7.44. The molecule has 1 amide bonds. The molecular weight excluding hydrogens is 308 g/mol. The first kappa shape index (κ1) is 14.9. The van der Waals surface area contributed by atoms with Crippen molar-refractivity contribution in [2.45, 2.75) is 25.4 Å². The Morgan fingerprint density at radius 3 is 3.08 bits per heavy atom. The quantitative estimate of drug-likeness (QED) is 0.872. The fourth-order valence-corrected chi connectivity index (χ4v) is 2.97. The van der Waals surface area contributed by atoms with Gasteiger partial charge in [0.15, 0.2) is 0 Å². The van der Waals surface area contributed by atoms with Gasteiger partial charge in [-0.1, -0.05) is 0 Å². The molecule has 2 aromatic rings. The first-order valence-corrected chi connectivity index (χ1v) is 8.14. The van der Waals surface area contributed by atoms with Crippen LogP contribution in [0.4, 0.5) is 5.82 Å². The zero-order valence-electron chi connectivity index (χ0n) is 13.6. The van der Waals surface area contributed by atoms with Gasteiger partial charge in [0.1, 0.15) is 18.2 Å². The van der Waals surface area contributed by atoms with Gasteiger partial charge in [-0.15, -0.1) is 0 Å². The van der Waals surface area contributed by atoms with Gasteiger partial charge in [0.25, 0.3) is 0 Å². The van der Waals surface area contributed by atoms with E-state index in [9.17, 15) is 4.79 Å². The van der Waals surface area contributed by atoms with Crippen LogP contribution in [0.1, 0.15) is 24.6 Å². The molecule has 0 bridgehead atoms. The highest BCUT2D eigenvalue weighted by molar-refractivity contribution is 5.81. The van der Waals surface area contributed by atoms with Gasteiger partial charge in [-0.2, -0.15) is 0 Å². The molecule has 1 fully saturated rings. The van der Waals surface area contributed by atoms with Crippen LogP contribution in [0.5, 0.6) is 5.88 Å². The van der Waals surface area contributed by atoms with E-state index in [0.717, 1.165) is 18.1 Å². The third kappa shape index (κ3) is 2.91. The van der Waals surface area contributed by atoms with Crippen molar-refractivity contribution in [3.8, 4) is 5.88 Å². The predicted molar refractivity (Wildman–Crippen MR) is 86.6 cm³/mol. The fourth-order valence-electron chi connectivity index (χ4n) is 2.97. The smallest absolute Gasteiger partial charge is 0.244 e. The Kier molecular flexibility index (Phi) is 3.79. The van der Waals surface area contributed by atoms with Crippen LogP contribution in [0.2, 0.25) is 0 Å². The number of nitrogens with zero attached hydrogens (tertiary/aromatic N) is 5. The number of anilines is 1. The van der Waals surface area contributed by atoms with Crippen molar-refractivity contribution in [1.82, 2.24) is 24.8 Å². The van der Waals surface area contributed by atoms with Crippen molar-refractivity contribution in [3.63, 3.8) is 0 Å². The first-order valence-electron chi connectivity index (χ1n) is 8.14. The molecule has 1 saturated carbocycles. The number of aromatic nitrogens is 4. The van der Waals surface area contributed by atoms with E-state index >= 15 is 0 Å². The second kappa shape index (κ2) is 6.10. The molecule has 1 N–H and O–H groups in total. The maximum atomic E-state index is 12.6. The van der Waals surface area contributed by atoms with Gasteiger partial charge in [-0.05, 0) is 18.8 Å². The van der Waals surface area contributed by atoms with Crippen LogP contribution < -0.4 is 15.0 Å². The highest BCUT2D eigenvalue weighted by Crippen LogP contribution is 2.29. The zero-order chi connectivity index (χ0) is 16.5. The summed E-state index contributed by atoms with van der Waals surface area (Å²) in [6.45, 7) is 1.95. The standard InChI is InChI=1S/C16H20N6O2/c1-24-15-4-14(19-9-20-15)21-7-12-6-17-10-22(12)13(8-21)16(23)18-5-11-2-3-11/h4,6,9-11,13H,2-3,5,7-8H2,1H3,(H,18,23). The Balaban J connectivity index is 1.56. The van der Waals surface area contributed by atoms with E-state index in [4.69, 9.17) is 4.74 Å². The summed E-state index contributed by atoms with van der Waals surface area (Å²) >= 11 is 0. The van der Waals surface area contributed by atoms with Crippen molar-refractivity contribution in [2.75, 3.05) is 25.1 Å². The van der Waals surface area contributed by atoms with E-state index in [1.807, 2.05) is 4.57 Å². The Bertz CT molecular complexity index is 742. The van der Waals surface area contributed by atoms with Gasteiger partial charge in [-0.3, -0.25) is 4.79 Å². The number of hydrogen-bond donors (Lipinski definition) is 1. The molecule has 0 radical (unpaired) electrons. The number of carbonyl (C=O) groups is 1. The Morgan fingerprint density at radius 2 is 2.29 bits per heavy atom. The number of methoxy groups -OCH3 is 1. The summed E-state index contributed by atoms with van der Waals surface area (Å²) in [7, 11) is 1.57. The summed E-state index contributed by atoms with van der Waals surface area (Å²) in [6, 6.07) is 1.47. The molecule has 4 rings (SSSR count). The summed E-state index contributed by atoms with van der Waals surface area (Å²) in [5.74, 6) is 1.94. The third-order valence-corrected chi connectivity index (χ3v) is 4.55. The van der Waals surface area contributed by atoms with Crippen LogP contribution >= 0.6 is 0 Å². The van der Waals surface area contributed by atoms with E-state index in [1.165, 1.54) is 19.2 Å². The number of fused-ring (bicyclic) bond motifs is 1. The van der Waals surface area contributed by atoms with Crippen molar-refractivity contribution >= 4 is 11.7 Å². The average molecular weight is 328 g/mol. The largest absolute Gasteiger partial charge is 0.481 e. The van der Waals surface area contributed by atoms with Crippen LogP contribution in [0.15, 0.2) is 24.9 Å². The van der Waals surface area contributed by atoms with E-state index in [-0.39, 0.29) is 11.9 Å². The first-order chi connectivity index (χ1) is 11.7. The molecule has 1 aliphatic heterocycles. The third-order valence-electron chi connectivity index (χ3n) is 4.55. The highest BCUT2D eigenvalue weighted by Gasteiger charge is 2.32. The molecule has 8 heteroatoms. The number of imidazole rings is 1. The minimum atomic E-state index is -0.309. The number of rotatable bonds is 5. The number of nitrogens with one attached hydrogen (secondary N) is 1. The minimum Gasteiger partial charge on any atom is -0.481 e. The molecule has 8 nitrogen and oxygen atoms in total. The molecule has 2 aliphatic rings. The summed E-state index contributed by atoms with van der Waals surface area (Å²) in [4.78, 5) is 27.3. The molecule has 24 heavy (non-hydrogen) atoms. The second-order valence-corrected chi connectivity index (χ2v) is 6.30. The van der Waals surface area contributed by atoms with Crippen LogP contribution in [0.25, 0.3) is 0 Å². The lowest BCUT2D eigenvalue weighted by Crippen LogP contribution is -2.45. The molecule has 0 saturated heterocycles. The van der Waals surface area contributed by atoms with Gasteiger partial charge in [0.2, 0.25) is 11.8 Å². The molecule has 0 spiro atoms. The Labute approximate surface area is 139 Å². The SMILES string of the molecule is COc1cc(N2Cc3cncn3C(C(=O)NCC3CC3)C2)ncn1. The maximum absolute atomic E-state index is 12.6. The van der Waals surface area contributed by atoms with Gasteiger partial charge in [0, 0.05) is 25.4 Å². The Hall–Kier alpha value is -2.64. The summed E-state index contributed by atoms with van der Waals surface area (Å²) in [5, 5.41) is 3.07. The average Bonchev–Trinajstić information content (AvgIpc) is 3.33. The second-order valence-electron chi connectivity index (χ2n) is 6.30. The normalized spacial score (nSPS) is 19.7. The maximum Gasteiger partial charge on any atom is 0.244 e. The molecule has 1 aliphatic carbocycles. The molecular formula is C16H20N6O2. The number of carbonyl (C=O) groups excluding carboxylic acids is 1. The monoisotopic (exact) mass is 328 g/mol. The van der Waals surface area contributed by atoms with E-state index < -0.39 is 0 Å². The fraction of sp³-hybridized carbons (Fsp3) is 0.500. The zero-order valence-corrected chi connectivity index (χ0v) is 13.6. The topological polar surface area (TPSA) is 85.2 Å².